The van der Waals surface area contributed by atoms with E-state index in [1.54, 1.807) is 17.9 Å². The van der Waals surface area contributed by atoms with Gasteiger partial charge in [-0.1, -0.05) is 0 Å². The summed E-state index contributed by atoms with van der Waals surface area (Å²) in [6, 6.07) is 8.74. The van der Waals surface area contributed by atoms with E-state index in [0.717, 1.165) is 41.4 Å². The molecule has 2 aromatic carbocycles. The third kappa shape index (κ3) is 4.15. The van der Waals surface area contributed by atoms with Crippen LogP contribution in [0.4, 0.5) is 13.6 Å². The monoisotopic (exact) mass is 494 g/mol. The van der Waals surface area contributed by atoms with E-state index in [1.807, 2.05) is 19.2 Å². The Morgan fingerprint density at radius 2 is 1.92 bits per heavy atom. The lowest BCUT2D eigenvalue weighted by molar-refractivity contribution is -0.0157. The number of halogens is 2. The van der Waals surface area contributed by atoms with Crippen LogP contribution in [0.2, 0.25) is 0 Å². The standard InChI is InChI=1S/C25H24F2N6O3/c1-13(14-5-15(26)7-16(27)6-14)35-17-3-4-20-19(8-17)23(31-30-20)24-28-21-11-33(12-22(21)29-24)25(34)36-18-9-32(2)10-18/h3-8,13,18H,9-12H2,1-2H3,(H,28,29)(H,30,31). The van der Waals surface area contributed by atoms with Gasteiger partial charge in [0.05, 0.1) is 30.0 Å². The summed E-state index contributed by atoms with van der Waals surface area (Å²) in [6.07, 6.45) is -0.957. The van der Waals surface area contributed by atoms with E-state index >= 15 is 0 Å². The van der Waals surface area contributed by atoms with Crippen molar-refractivity contribution in [2.45, 2.75) is 32.2 Å². The van der Waals surface area contributed by atoms with Crippen molar-refractivity contribution in [3.8, 4) is 17.3 Å². The molecule has 0 saturated carbocycles. The van der Waals surface area contributed by atoms with Crippen LogP contribution in [0.5, 0.6) is 5.75 Å². The van der Waals surface area contributed by atoms with Gasteiger partial charge < -0.3 is 14.5 Å². The number of hydrogen-bond donors (Lipinski definition) is 2. The summed E-state index contributed by atoms with van der Waals surface area (Å²) < 4.78 is 38.7. The van der Waals surface area contributed by atoms with Crippen LogP contribution in [0.1, 0.15) is 30.0 Å². The van der Waals surface area contributed by atoms with E-state index < -0.39 is 17.7 Å². The summed E-state index contributed by atoms with van der Waals surface area (Å²) in [5.41, 5.74) is 3.42. The molecule has 4 heterocycles. The number of aromatic amines is 2. The topological polar surface area (TPSA) is 99.4 Å². The Bertz CT molecular complexity index is 1420. The molecular weight excluding hydrogens is 470 g/mol. The summed E-state index contributed by atoms with van der Waals surface area (Å²) >= 11 is 0. The summed E-state index contributed by atoms with van der Waals surface area (Å²) in [4.78, 5) is 24.1. The molecule has 1 amide bonds. The highest BCUT2D eigenvalue weighted by Crippen LogP contribution is 2.32. The number of hydrogen-bond acceptors (Lipinski definition) is 6. The predicted molar refractivity (Wildman–Crippen MR) is 126 cm³/mol. The summed E-state index contributed by atoms with van der Waals surface area (Å²) in [6.45, 7) is 3.99. The molecule has 186 valence electrons. The minimum absolute atomic E-state index is 0.0561. The Hall–Kier alpha value is -3.99. The number of aromatic nitrogens is 4. The maximum absolute atomic E-state index is 13.6. The van der Waals surface area contributed by atoms with Crippen molar-refractivity contribution in [3.63, 3.8) is 0 Å². The molecule has 9 nitrogen and oxygen atoms in total. The molecule has 0 bridgehead atoms. The lowest BCUT2D eigenvalue weighted by Gasteiger charge is -2.36. The Morgan fingerprint density at radius 1 is 1.14 bits per heavy atom. The molecule has 2 aromatic heterocycles. The van der Waals surface area contributed by atoms with Crippen LogP contribution in [0.25, 0.3) is 22.4 Å². The number of fused-ring (bicyclic) bond motifs is 2. The van der Waals surface area contributed by atoms with Crippen LogP contribution in [0, 0.1) is 11.6 Å². The highest BCUT2D eigenvalue weighted by atomic mass is 19.1. The molecule has 0 spiro atoms. The zero-order chi connectivity index (χ0) is 25.0. The molecule has 1 fully saturated rings. The van der Waals surface area contributed by atoms with Gasteiger partial charge in [-0.25, -0.2) is 18.6 Å². The summed E-state index contributed by atoms with van der Waals surface area (Å²) in [7, 11) is 1.98. The first kappa shape index (κ1) is 22.5. The number of rotatable bonds is 5. The number of imidazole rings is 1. The number of likely N-dealkylation sites (N-methyl/N-ethyl adjacent to an activating group) is 1. The first-order chi connectivity index (χ1) is 17.3. The Morgan fingerprint density at radius 3 is 2.64 bits per heavy atom. The second-order valence-electron chi connectivity index (χ2n) is 9.34. The fourth-order valence-electron chi connectivity index (χ4n) is 4.64. The number of amides is 1. The van der Waals surface area contributed by atoms with Gasteiger partial charge >= 0.3 is 6.09 Å². The molecule has 1 saturated heterocycles. The SMILES string of the molecule is CC(Oc1ccc2[nH]nc(-c3nc4c([nH]3)CN(C(=O)OC3CN(C)C3)C4)c2c1)c1cc(F)cc(F)c1. The Kier molecular flexibility index (Phi) is 5.36. The van der Waals surface area contributed by atoms with Crippen molar-refractivity contribution < 1.29 is 23.0 Å². The van der Waals surface area contributed by atoms with E-state index in [-0.39, 0.29) is 12.2 Å². The van der Waals surface area contributed by atoms with Crippen molar-refractivity contribution in [1.29, 1.82) is 0 Å². The van der Waals surface area contributed by atoms with Gasteiger partial charge in [-0.3, -0.25) is 14.9 Å². The number of carbonyl (C=O) groups excluding carboxylic acids is 1. The predicted octanol–water partition coefficient (Wildman–Crippen LogP) is 4.14. The van der Waals surface area contributed by atoms with E-state index in [2.05, 4.69) is 25.1 Å². The van der Waals surface area contributed by atoms with Crippen LogP contribution in [0.15, 0.2) is 36.4 Å². The van der Waals surface area contributed by atoms with Gasteiger partial charge in [0.1, 0.15) is 35.3 Å². The molecule has 1 atom stereocenters. The van der Waals surface area contributed by atoms with Gasteiger partial charge in [-0.05, 0) is 49.9 Å². The molecule has 6 rings (SSSR count). The van der Waals surface area contributed by atoms with Crippen LogP contribution in [0.3, 0.4) is 0 Å². The maximum Gasteiger partial charge on any atom is 0.410 e. The number of carbonyl (C=O) groups is 1. The Labute approximate surface area is 205 Å². The molecule has 0 aliphatic carbocycles. The molecule has 4 aromatic rings. The van der Waals surface area contributed by atoms with E-state index in [9.17, 15) is 13.6 Å². The van der Waals surface area contributed by atoms with Gasteiger partial charge in [-0.2, -0.15) is 5.10 Å². The van der Waals surface area contributed by atoms with Crippen molar-refractivity contribution in [2.75, 3.05) is 20.1 Å². The fraction of sp³-hybridized carbons (Fsp3) is 0.320. The zero-order valence-corrected chi connectivity index (χ0v) is 19.7. The highest BCUT2D eigenvalue weighted by Gasteiger charge is 2.33. The first-order valence-electron chi connectivity index (χ1n) is 11.7. The number of likely N-dealkylation sites (tertiary alicyclic amines) is 1. The number of benzene rings is 2. The maximum atomic E-state index is 13.6. The second-order valence-corrected chi connectivity index (χ2v) is 9.34. The van der Waals surface area contributed by atoms with Gasteiger partial charge in [0.25, 0.3) is 0 Å². The zero-order valence-electron chi connectivity index (χ0n) is 19.7. The van der Waals surface area contributed by atoms with Crippen LogP contribution >= 0.6 is 0 Å². The van der Waals surface area contributed by atoms with E-state index in [1.165, 1.54) is 12.1 Å². The Balaban J connectivity index is 1.18. The average Bonchev–Trinajstić information content (AvgIpc) is 3.50. The van der Waals surface area contributed by atoms with Gasteiger partial charge in [0, 0.05) is 24.5 Å². The summed E-state index contributed by atoms with van der Waals surface area (Å²) in [5, 5.41) is 8.19. The minimum Gasteiger partial charge on any atom is -0.486 e. The normalized spacial score (nSPS) is 16.7. The quantitative estimate of drug-likeness (QED) is 0.433. The molecule has 1 unspecified atom stereocenters. The molecule has 2 N–H and O–H groups in total. The number of nitrogens with zero attached hydrogens (tertiary/aromatic N) is 4. The van der Waals surface area contributed by atoms with Crippen molar-refractivity contribution >= 4 is 17.0 Å². The number of ether oxygens (including phenoxy) is 2. The highest BCUT2D eigenvalue weighted by molar-refractivity contribution is 5.92. The van der Waals surface area contributed by atoms with Crippen molar-refractivity contribution in [2.24, 2.45) is 0 Å². The molecule has 36 heavy (non-hydrogen) atoms. The molecular formula is C25H24F2N6O3. The van der Waals surface area contributed by atoms with Crippen LogP contribution in [-0.4, -0.2) is 62.3 Å². The van der Waals surface area contributed by atoms with Gasteiger partial charge in [0.15, 0.2) is 5.82 Å². The average molecular weight is 495 g/mol. The fourth-order valence-corrected chi connectivity index (χ4v) is 4.64. The lowest BCUT2D eigenvalue weighted by atomic mass is 10.1. The lowest BCUT2D eigenvalue weighted by Crippen LogP contribution is -2.51. The number of nitrogens with one attached hydrogen (secondary N) is 2. The van der Waals surface area contributed by atoms with Gasteiger partial charge in [0.2, 0.25) is 0 Å². The van der Waals surface area contributed by atoms with E-state index in [0.29, 0.717) is 35.9 Å². The first-order valence-corrected chi connectivity index (χ1v) is 11.7. The summed E-state index contributed by atoms with van der Waals surface area (Å²) in [5.74, 6) is -0.197. The molecule has 2 aliphatic heterocycles. The van der Waals surface area contributed by atoms with E-state index in [4.69, 9.17) is 9.47 Å². The van der Waals surface area contributed by atoms with Crippen molar-refractivity contribution in [3.05, 3.63) is 65.0 Å². The number of H-pyrrole nitrogens is 2. The molecule has 11 heteroatoms. The molecule has 2 aliphatic rings. The van der Waals surface area contributed by atoms with Gasteiger partial charge in [-0.15, -0.1) is 0 Å². The minimum atomic E-state index is -0.652. The third-order valence-electron chi connectivity index (χ3n) is 6.54. The van der Waals surface area contributed by atoms with Crippen LogP contribution in [-0.2, 0) is 17.8 Å². The molecule has 0 radical (unpaired) electrons. The third-order valence-corrected chi connectivity index (χ3v) is 6.54. The van der Waals surface area contributed by atoms with Crippen molar-refractivity contribution in [1.82, 2.24) is 30.0 Å². The largest absolute Gasteiger partial charge is 0.486 e. The smallest absolute Gasteiger partial charge is 0.410 e. The van der Waals surface area contributed by atoms with Crippen LogP contribution < -0.4 is 4.74 Å². The second kappa shape index (κ2) is 8.59.